The fraction of sp³-hybridized carbons (Fsp3) is 0.500. The molecule has 0 saturated heterocycles. The summed E-state index contributed by atoms with van der Waals surface area (Å²) in [5.41, 5.74) is 0.406. The van der Waals surface area contributed by atoms with Crippen molar-refractivity contribution in [3.63, 3.8) is 0 Å². The fourth-order valence-electron chi connectivity index (χ4n) is 1.90. The first-order valence-electron chi connectivity index (χ1n) is 6.33. The Bertz CT molecular complexity index is 558. The van der Waals surface area contributed by atoms with Crippen LogP contribution in [0.3, 0.4) is 0 Å². The van der Waals surface area contributed by atoms with Crippen LogP contribution in [0.1, 0.15) is 42.6 Å². The molecule has 2 aromatic rings. The van der Waals surface area contributed by atoms with Gasteiger partial charge in [-0.05, 0) is 19.4 Å². The molecule has 102 valence electrons. The normalized spacial score (nSPS) is 12.4. The van der Waals surface area contributed by atoms with Crippen molar-refractivity contribution in [3.05, 3.63) is 30.1 Å². The third-order valence-corrected chi connectivity index (χ3v) is 2.92. The molecule has 7 nitrogen and oxygen atoms in total. The van der Waals surface area contributed by atoms with Crippen molar-refractivity contribution in [2.75, 3.05) is 0 Å². The summed E-state index contributed by atoms with van der Waals surface area (Å²) in [6, 6.07) is 1.53. The summed E-state index contributed by atoms with van der Waals surface area (Å²) in [5, 5.41) is 11.1. The van der Waals surface area contributed by atoms with Gasteiger partial charge in [-0.25, -0.2) is 9.67 Å². The van der Waals surface area contributed by atoms with Gasteiger partial charge in [-0.1, -0.05) is 6.92 Å². The highest BCUT2D eigenvalue weighted by atomic mass is 16.2. The molecule has 2 heterocycles. The van der Waals surface area contributed by atoms with Crippen LogP contribution in [0.25, 0.3) is 0 Å². The van der Waals surface area contributed by atoms with Gasteiger partial charge in [0.1, 0.15) is 17.8 Å². The summed E-state index contributed by atoms with van der Waals surface area (Å²) in [6.07, 6.45) is 4.00. The van der Waals surface area contributed by atoms with Gasteiger partial charge < -0.3 is 5.32 Å². The lowest BCUT2D eigenvalue weighted by Crippen LogP contribution is -2.30. The topological polar surface area (TPSA) is 77.6 Å². The summed E-state index contributed by atoms with van der Waals surface area (Å²) in [7, 11) is 1.78. The molecule has 0 bridgehead atoms. The van der Waals surface area contributed by atoms with Gasteiger partial charge in [0.25, 0.3) is 5.91 Å². The van der Waals surface area contributed by atoms with Crippen LogP contribution in [0.4, 0.5) is 0 Å². The van der Waals surface area contributed by atoms with E-state index < -0.39 is 0 Å². The maximum absolute atomic E-state index is 12.1. The first-order chi connectivity index (χ1) is 9.15. The number of aromatic nitrogens is 5. The SMILES string of the molecule is CC[C@H](NC(=O)c1ccn(C)n1)c1ncnn1CC. The van der Waals surface area contributed by atoms with Gasteiger partial charge in [0.15, 0.2) is 0 Å². The van der Waals surface area contributed by atoms with Crippen molar-refractivity contribution >= 4 is 5.91 Å². The number of nitrogens with one attached hydrogen (secondary N) is 1. The van der Waals surface area contributed by atoms with Gasteiger partial charge in [0.05, 0.1) is 6.04 Å². The zero-order valence-electron chi connectivity index (χ0n) is 11.4. The van der Waals surface area contributed by atoms with Gasteiger partial charge in [0, 0.05) is 19.8 Å². The minimum atomic E-state index is -0.196. The number of nitrogens with zero attached hydrogens (tertiary/aromatic N) is 5. The first-order valence-corrected chi connectivity index (χ1v) is 6.33. The molecule has 0 aliphatic rings. The average Bonchev–Trinajstić information content (AvgIpc) is 3.03. The van der Waals surface area contributed by atoms with Crippen molar-refractivity contribution in [3.8, 4) is 0 Å². The van der Waals surface area contributed by atoms with Gasteiger partial charge in [-0.2, -0.15) is 10.2 Å². The number of amides is 1. The van der Waals surface area contributed by atoms with E-state index in [1.54, 1.807) is 28.7 Å². The summed E-state index contributed by atoms with van der Waals surface area (Å²) in [4.78, 5) is 16.3. The quantitative estimate of drug-likeness (QED) is 0.869. The molecule has 2 aromatic heterocycles. The molecule has 1 N–H and O–H groups in total. The Hall–Kier alpha value is -2.18. The second-order valence-electron chi connectivity index (χ2n) is 4.24. The maximum Gasteiger partial charge on any atom is 0.272 e. The number of aryl methyl sites for hydroxylation is 2. The standard InChI is InChI=1S/C12H18N6O/c1-4-9(11-13-8-14-18(11)5-2)15-12(19)10-6-7-17(3)16-10/h6-9H,4-5H2,1-3H3,(H,15,19)/t9-/m0/s1. The molecule has 0 unspecified atom stereocenters. The first kappa shape index (κ1) is 13.3. The van der Waals surface area contributed by atoms with E-state index >= 15 is 0 Å². The largest absolute Gasteiger partial charge is 0.341 e. The smallest absolute Gasteiger partial charge is 0.272 e. The van der Waals surface area contributed by atoms with E-state index in [0.717, 1.165) is 18.8 Å². The third kappa shape index (κ3) is 2.81. The average molecular weight is 262 g/mol. The zero-order valence-corrected chi connectivity index (χ0v) is 11.4. The second kappa shape index (κ2) is 5.64. The van der Waals surface area contributed by atoms with E-state index in [1.165, 1.54) is 6.33 Å². The number of hydrogen-bond acceptors (Lipinski definition) is 4. The summed E-state index contributed by atoms with van der Waals surface area (Å²) >= 11 is 0. The van der Waals surface area contributed by atoms with Crippen LogP contribution in [-0.2, 0) is 13.6 Å². The minimum absolute atomic E-state index is 0.156. The van der Waals surface area contributed by atoms with Crippen LogP contribution in [0.5, 0.6) is 0 Å². The molecule has 1 amide bonds. The van der Waals surface area contributed by atoms with Crippen molar-refractivity contribution < 1.29 is 4.79 Å². The number of carbonyl (C=O) groups is 1. The Balaban J connectivity index is 2.13. The van der Waals surface area contributed by atoms with Crippen LogP contribution in [0.15, 0.2) is 18.6 Å². The van der Waals surface area contributed by atoms with Crippen LogP contribution < -0.4 is 5.32 Å². The highest BCUT2D eigenvalue weighted by Crippen LogP contribution is 2.14. The summed E-state index contributed by atoms with van der Waals surface area (Å²) < 4.78 is 3.39. The van der Waals surface area contributed by atoms with E-state index in [9.17, 15) is 4.79 Å². The number of carbonyl (C=O) groups excluding carboxylic acids is 1. The number of rotatable bonds is 5. The molecule has 0 radical (unpaired) electrons. The Morgan fingerprint density at radius 1 is 1.47 bits per heavy atom. The van der Waals surface area contributed by atoms with E-state index in [1.807, 2.05) is 13.8 Å². The lowest BCUT2D eigenvalue weighted by molar-refractivity contribution is 0.0927. The lowest BCUT2D eigenvalue weighted by Gasteiger charge is -2.16. The minimum Gasteiger partial charge on any atom is -0.341 e. The van der Waals surface area contributed by atoms with E-state index in [-0.39, 0.29) is 11.9 Å². The van der Waals surface area contributed by atoms with E-state index in [0.29, 0.717) is 5.69 Å². The third-order valence-electron chi connectivity index (χ3n) is 2.92. The molecule has 2 rings (SSSR count). The zero-order chi connectivity index (χ0) is 13.8. The summed E-state index contributed by atoms with van der Waals surface area (Å²) in [6.45, 7) is 4.72. The van der Waals surface area contributed by atoms with Crippen molar-refractivity contribution in [2.45, 2.75) is 32.9 Å². The molecule has 19 heavy (non-hydrogen) atoms. The molecule has 0 aliphatic heterocycles. The number of hydrogen-bond donors (Lipinski definition) is 1. The molecule has 7 heteroatoms. The molecular weight excluding hydrogens is 244 g/mol. The maximum atomic E-state index is 12.1. The molecule has 1 atom stereocenters. The predicted octanol–water partition coefficient (Wildman–Crippen LogP) is 0.913. The van der Waals surface area contributed by atoms with E-state index in [4.69, 9.17) is 0 Å². The molecule has 0 spiro atoms. The molecule has 0 aliphatic carbocycles. The van der Waals surface area contributed by atoms with Crippen molar-refractivity contribution in [2.24, 2.45) is 7.05 Å². The molecule has 0 fully saturated rings. The Kier molecular flexibility index (Phi) is 3.94. The van der Waals surface area contributed by atoms with Crippen molar-refractivity contribution in [1.29, 1.82) is 0 Å². The van der Waals surface area contributed by atoms with Gasteiger partial charge in [-0.15, -0.1) is 0 Å². The molecule has 0 aromatic carbocycles. The fourth-order valence-corrected chi connectivity index (χ4v) is 1.90. The second-order valence-corrected chi connectivity index (χ2v) is 4.24. The van der Waals surface area contributed by atoms with Gasteiger partial charge in [0.2, 0.25) is 0 Å². The lowest BCUT2D eigenvalue weighted by atomic mass is 10.2. The van der Waals surface area contributed by atoms with Gasteiger partial charge >= 0.3 is 0 Å². The Morgan fingerprint density at radius 3 is 2.84 bits per heavy atom. The highest BCUT2D eigenvalue weighted by molar-refractivity contribution is 5.92. The highest BCUT2D eigenvalue weighted by Gasteiger charge is 2.19. The van der Waals surface area contributed by atoms with Crippen LogP contribution >= 0.6 is 0 Å². The van der Waals surface area contributed by atoms with Crippen molar-refractivity contribution in [1.82, 2.24) is 29.9 Å². The summed E-state index contributed by atoms with van der Waals surface area (Å²) in [5.74, 6) is 0.576. The Labute approximate surface area is 111 Å². The van der Waals surface area contributed by atoms with Gasteiger partial charge in [-0.3, -0.25) is 9.48 Å². The predicted molar refractivity (Wildman–Crippen MR) is 69.4 cm³/mol. The molecular formula is C12H18N6O. The monoisotopic (exact) mass is 262 g/mol. The van der Waals surface area contributed by atoms with E-state index in [2.05, 4.69) is 20.5 Å². The van der Waals surface area contributed by atoms with Crippen LogP contribution in [0.2, 0.25) is 0 Å². The van der Waals surface area contributed by atoms with Crippen LogP contribution in [-0.4, -0.2) is 30.5 Å². The van der Waals surface area contributed by atoms with Crippen LogP contribution in [0, 0.1) is 0 Å². The Morgan fingerprint density at radius 2 is 2.26 bits per heavy atom. The molecule has 0 saturated carbocycles.